The predicted molar refractivity (Wildman–Crippen MR) is 80.6 cm³/mol. The van der Waals surface area contributed by atoms with Crippen molar-refractivity contribution < 1.29 is 4.74 Å². The van der Waals surface area contributed by atoms with Gasteiger partial charge in [-0.2, -0.15) is 0 Å². The molecule has 2 aromatic heterocycles. The number of aromatic amines is 2. The van der Waals surface area contributed by atoms with Crippen molar-refractivity contribution >= 4 is 11.8 Å². The summed E-state index contributed by atoms with van der Waals surface area (Å²) in [6.07, 6.45) is 6.83. The molecule has 20 heavy (non-hydrogen) atoms. The SMILES string of the molecule is CCc1ccc(/C=C2/N=C(c3ccc[nH]3)C=C2OC)[nH]1. The summed E-state index contributed by atoms with van der Waals surface area (Å²) < 4.78 is 5.41. The Balaban J connectivity index is 1.94. The predicted octanol–water partition coefficient (Wildman–Crippen LogP) is 3.28. The number of methoxy groups -OCH3 is 1. The van der Waals surface area contributed by atoms with Crippen LogP contribution in [0, 0.1) is 0 Å². The number of hydrogen-bond acceptors (Lipinski definition) is 2. The summed E-state index contributed by atoms with van der Waals surface area (Å²) >= 11 is 0. The maximum absolute atomic E-state index is 5.41. The molecule has 4 heteroatoms. The summed E-state index contributed by atoms with van der Waals surface area (Å²) in [5, 5.41) is 0. The fourth-order valence-electron chi connectivity index (χ4n) is 2.21. The van der Waals surface area contributed by atoms with Gasteiger partial charge in [0.1, 0.15) is 11.5 Å². The van der Waals surface area contributed by atoms with E-state index in [1.807, 2.05) is 30.5 Å². The van der Waals surface area contributed by atoms with Gasteiger partial charge in [-0.25, -0.2) is 4.99 Å². The van der Waals surface area contributed by atoms with Gasteiger partial charge < -0.3 is 14.7 Å². The molecule has 0 radical (unpaired) electrons. The van der Waals surface area contributed by atoms with Crippen molar-refractivity contribution in [3.05, 3.63) is 65.1 Å². The van der Waals surface area contributed by atoms with Gasteiger partial charge in [0, 0.05) is 23.7 Å². The fraction of sp³-hybridized carbons (Fsp3) is 0.188. The van der Waals surface area contributed by atoms with Crippen LogP contribution in [-0.4, -0.2) is 22.8 Å². The molecule has 0 fully saturated rings. The number of nitrogens with zero attached hydrogens (tertiary/aromatic N) is 1. The molecule has 0 aromatic carbocycles. The first-order chi connectivity index (χ1) is 9.80. The van der Waals surface area contributed by atoms with Crippen LogP contribution in [0.25, 0.3) is 6.08 Å². The molecule has 0 amide bonds. The van der Waals surface area contributed by atoms with Gasteiger partial charge in [-0.05, 0) is 36.8 Å². The van der Waals surface area contributed by atoms with E-state index in [4.69, 9.17) is 4.74 Å². The van der Waals surface area contributed by atoms with Gasteiger partial charge in [-0.15, -0.1) is 0 Å². The normalized spacial score (nSPS) is 16.4. The molecule has 4 nitrogen and oxygen atoms in total. The van der Waals surface area contributed by atoms with E-state index in [-0.39, 0.29) is 0 Å². The van der Waals surface area contributed by atoms with Crippen molar-refractivity contribution in [2.45, 2.75) is 13.3 Å². The quantitative estimate of drug-likeness (QED) is 0.877. The molecule has 0 bridgehead atoms. The number of aryl methyl sites for hydroxylation is 1. The first-order valence-corrected chi connectivity index (χ1v) is 6.68. The van der Waals surface area contributed by atoms with Gasteiger partial charge in [0.05, 0.1) is 18.5 Å². The summed E-state index contributed by atoms with van der Waals surface area (Å²) in [5.41, 5.74) is 4.97. The average molecular weight is 267 g/mol. The maximum Gasteiger partial charge on any atom is 0.146 e. The van der Waals surface area contributed by atoms with Crippen molar-refractivity contribution in [3.8, 4) is 0 Å². The molecule has 0 unspecified atom stereocenters. The average Bonchev–Trinajstić information content (AvgIpc) is 3.19. The number of nitrogens with one attached hydrogen (secondary N) is 2. The maximum atomic E-state index is 5.41. The highest BCUT2D eigenvalue weighted by molar-refractivity contribution is 6.11. The van der Waals surface area contributed by atoms with Gasteiger partial charge in [-0.3, -0.25) is 0 Å². The Morgan fingerprint density at radius 2 is 2.20 bits per heavy atom. The Kier molecular flexibility index (Phi) is 3.29. The zero-order valence-electron chi connectivity index (χ0n) is 11.6. The van der Waals surface area contributed by atoms with Crippen LogP contribution in [0.3, 0.4) is 0 Å². The van der Waals surface area contributed by atoms with Crippen LogP contribution >= 0.6 is 0 Å². The first kappa shape index (κ1) is 12.5. The third-order valence-electron chi connectivity index (χ3n) is 3.30. The molecule has 0 saturated carbocycles. The van der Waals surface area contributed by atoms with Crippen molar-refractivity contribution in [2.75, 3.05) is 7.11 Å². The number of rotatable bonds is 4. The zero-order valence-corrected chi connectivity index (χ0v) is 11.6. The molecule has 2 aromatic rings. The number of aliphatic imine (C=N–C) groups is 1. The minimum atomic E-state index is 0.780. The molecular weight excluding hydrogens is 250 g/mol. The van der Waals surface area contributed by atoms with E-state index in [2.05, 4.69) is 34.0 Å². The van der Waals surface area contributed by atoms with E-state index in [0.29, 0.717) is 0 Å². The van der Waals surface area contributed by atoms with E-state index >= 15 is 0 Å². The standard InChI is InChI=1S/C16H17N3O/c1-3-11-6-7-12(18-11)9-15-16(20-2)10-14(19-15)13-5-4-8-17-13/h4-10,17-18H,3H2,1-2H3/b15-9+. The number of ether oxygens (including phenoxy) is 1. The molecular formula is C16H17N3O. The summed E-state index contributed by atoms with van der Waals surface area (Å²) in [6.45, 7) is 2.13. The third kappa shape index (κ3) is 2.32. The highest BCUT2D eigenvalue weighted by Gasteiger charge is 2.17. The lowest BCUT2D eigenvalue weighted by Crippen LogP contribution is -1.93. The van der Waals surface area contributed by atoms with Crippen LogP contribution < -0.4 is 0 Å². The summed E-state index contributed by atoms with van der Waals surface area (Å²) in [6, 6.07) is 8.10. The second kappa shape index (κ2) is 5.25. The Labute approximate surface area is 117 Å². The molecule has 102 valence electrons. The Bertz CT molecular complexity index is 687. The van der Waals surface area contributed by atoms with Gasteiger partial charge in [0.15, 0.2) is 0 Å². The van der Waals surface area contributed by atoms with Gasteiger partial charge in [0.2, 0.25) is 0 Å². The van der Waals surface area contributed by atoms with Crippen LogP contribution in [-0.2, 0) is 11.2 Å². The van der Waals surface area contributed by atoms with Crippen molar-refractivity contribution in [2.24, 2.45) is 4.99 Å². The highest BCUT2D eigenvalue weighted by Crippen LogP contribution is 2.24. The van der Waals surface area contributed by atoms with Crippen LogP contribution in [0.1, 0.15) is 24.0 Å². The van der Waals surface area contributed by atoms with E-state index in [9.17, 15) is 0 Å². The van der Waals surface area contributed by atoms with Crippen LogP contribution in [0.4, 0.5) is 0 Å². The van der Waals surface area contributed by atoms with Crippen molar-refractivity contribution in [3.63, 3.8) is 0 Å². The Morgan fingerprint density at radius 3 is 2.85 bits per heavy atom. The lowest BCUT2D eigenvalue weighted by molar-refractivity contribution is 0.303. The van der Waals surface area contributed by atoms with Crippen LogP contribution in [0.2, 0.25) is 0 Å². The monoisotopic (exact) mass is 267 g/mol. The molecule has 1 aliphatic rings. The lowest BCUT2D eigenvalue weighted by Gasteiger charge is -2.00. The second-order valence-corrected chi connectivity index (χ2v) is 4.62. The summed E-state index contributed by atoms with van der Waals surface area (Å²) in [7, 11) is 1.67. The van der Waals surface area contributed by atoms with Crippen molar-refractivity contribution in [1.82, 2.24) is 9.97 Å². The number of aromatic nitrogens is 2. The van der Waals surface area contributed by atoms with Crippen LogP contribution in [0.5, 0.6) is 0 Å². The number of hydrogen-bond donors (Lipinski definition) is 2. The lowest BCUT2D eigenvalue weighted by atomic mass is 10.2. The summed E-state index contributed by atoms with van der Waals surface area (Å²) in [5.74, 6) is 0.780. The first-order valence-electron chi connectivity index (χ1n) is 6.68. The molecule has 2 N–H and O–H groups in total. The number of H-pyrrole nitrogens is 2. The molecule has 0 spiro atoms. The number of allylic oxidation sites excluding steroid dienone is 1. The Morgan fingerprint density at radius 1 is 1.30 bits per heavy atom. The van der Waals surface area contributed by atoms with Crippen molar-refractivity contribution in [1.29, 1.82) is 0 Å². The molecule has 0 atom stereocenters. The minimum absolute atomic E-state index is 0.780. The fourth-order valence-corrected chi connectivity index (χ4v) is 2.21. The van der Waals surface area contributed by atoms with Gasteiger partial charge in [0.25, 0.3) is 0 Å². The minimum Gasteiger partial charge on any atom is -0.494 e. The molecule has 3 rings (SSSR count). The van der Waals surface area contributed by atoms with Gasteiger partial charge in [-0.1, -0.05) is 6.92 Å². The molecule has 0 aliphatic carbocycles. The van der Waals surface area contributed by atoms with E-state index < -0.39 is 0 Å². The topological polar surface area (TPSA) is 53.2 Å². The van der Waals surface area contributed by atoms with E-state index in [1.165, 1.54) is 5.69 Å². The van der Waals surface area contributed by atoms with E-state index in [0.717, 1.165) is 35.0 Å². The molecule has 0 saturated heterocycles. The second-order valence-electron chi connectivity index (χ2n) is 4.62. The molecule has 3 heterocycles. The Hall–Kier alpha value is -2.49. The van der Waals surface area contributed by atoms with Gasteiger partial charge >= 0.3 is 0 Å². The third-order valence-corrected chi connectivity index (χ3v) is 3.30. The highest BCUT2D eigenvalue weighted by atomic mass is 16.5. The zero-order chi connectivity index (χ0) is 13.9. The molecule has 1 aliphatic heterocycles. The summed E-state index contributed by atoms with van der Waals surface area (Å²) in [4.78, 5) is 11.1. The largest absolute Gasteiger partial charge is 0.494 e. The smallest absolute Gasteiger partial charge is 0.146 e. The van der Waals surface area contributed by atoms with E-state index in [1.54, 1.807) is 7.11 Å². The van der Waals surface area contributed by atoms with Crippen LogP contribution in [0.15, 0.2) is 53.0 Å².